The second kappa shape index (κ2) is 5.57. The number of carbonyl (C=O) groups is 1. The lowest BCUT2D eigenvalue weighted by atomic mass is 9.95. The fourth-order valence-corrected chi connectivity index (χ4v) is 2.87. The number of carbonyl (C=O) groups excluding carboxylic acids is 1. The number of sulfonamides is 1. The van der Waals surface area contributed by atoms with E-state index in [1.54, 1.807) is 0 Å². The topological polar surface area (TPSA) is 66.5 Å². The van der Waals surface area contributed by atoms with E-state index in [-0.39, 0.29) is 17.2 Å². The van der Waals surface area contributed by atoms with Crippen molar-refractivity contribution in [1.82, 2.24) is 9.62 Å². The molecule has 1 aliphatic rings. The Kier molecular flexibility index (Phi) is 4.78. The Balaban J connectivity index is 2.54. The Morgan fingerprint density at radius 2 is 2.00 bits per heavy atom. The maximum atomic E-state index is 12.0. The van der Waals surface area contributed by atoms with E-state index in [2.05, 4.69) is 26.1 Å². The van der Waals surface area contributed by atoms with Gasteiger partial charge in [0.2, 0.25) is 15.9 Å². The second-order valence-electron chi connectivity index (χ2n) is 6.24. The van der Waals surface area contributed by atoms with Crippen molar-refractivity contribution in [3.05, 3.63) is 0 Å². The van der Waals surface area contributed by atoms with E-state index >= 15 is 0 Å². The fraction of sp³-hybridized carbons (Fsp3) is 0.917. The minimum Gasteiger partial charge on any atom is -0.355 e. The van der Waals surface area contributed by atoms with Gasteiger partial charge in [-0.2, -0.15) is 0 Å². The summed E-state index contributed by atoms with van der Waals surface area (Å²) < 4.78 is 24.3. The Labute approximate surface area is 110 Å². The van der Waals surface area contributed by atoms with Gasteiger partial charge in [-0.15, -0.1) is 0 Å². The number of nitrogens with zero attached hydrogens (tertiary/aromatic N) is 1. The van der Waals surface area contributed by atoms with Crippen LogP contribution in [0.5, 0.6) is 0 Å². The highest BCUT2D eigenvalue weighted by atomic mass is 32.2. The van der Waals surface area contributed by atoms with E-state index in [1.165, 1.54) is 10.6 Å². The van der Waals surface area contributed by atoms with Crippen LogP contribution >= 0.6 is 0 Å². The molecule has 1 rings (SSSR count). The van der Waals surface area contributed by atoms with Gasteiger partial charge in [0.15, 0.2) is 0 Å². The van der Waals surface area contributed by atoms with Crippen molar-refractivity contribution in [3.63, 3.8) is 0 Å². The maximum Gasteiger partial charge on any atom is 0.224 e. The van der Waals surface area contributed by atoms with Crippen molar-refractivity contribution in [1.29, 1.82) is 0 Å². The third kappa shape index (κ3) is 4.94. The van der Waals surface area contributed by atoms with Gasteiger partial charge in [-0.05, 0) is 18.3 Å². The molecule has 1 N–H and O–H groups in total. The highest BCUT2D eigenvalue weighted by Gasteiger charge is 2.30. The van der Waals surface area contributed by atoms with E-state index in [4.69, 9.17) is 0 Å². The summed E-state index contributed by atoms with van der Waals surface area (Å²) in [5.41, 5.74) is 0.0425. The molecular formula is C12H24N2O3S. The minimum absolute atomic E-state index is 0.0294. The zero-order valence-electron chi connectivity index (χ0n) is 11.7. The minimum atomic E-state index is -3.18. The second-order valence-corrected chi connectivity index (χ2v) is 8.22. The number of nitrogens with one attached hydrogen (secondary N) is 1. The molecule has 0 unspecified atom stereocenters. The summed E-state index contributed by atoms with van der Waals surface area (Å²) in [4.78, 5) is 12.0. The Morgan fingerprint density at radius 1 is 1.39 bits per heavy atom. The van der Waals surface area contributed by atoms with Gasteiger partial charge in [0.1, 0.15) is 0 Å². The van der Waals surface area contributed by atoms with Crippen molar-refractivity contribution in [2.75, 3.05) is 25.9 Å². The van der Waals surface area contributed by atoms with Crippen LogP contribution in [0.15, 0.2) is 0 Å². The molecule has 6 heteroatoms. The molecular weight excluding hydrogens is 252 g/mol. The smallest absolute Gasteiger partial charge is 0.224 e. The van der Waals surface area contributed by atoms with Crippen LogP contribution in [0, 0.1) is 11.3 Å². The normalized spacial score (nSPS) is 22.8. The van der Waals surface area contributed by atoms with Crippen LogP contribution in [0.4, 0.5) is 0 Å². The largest absolute Gasteiger partial charge is 0.355 e. The number of rotatable bonds is 3. The third-order valence-corrected chi connectivity index (χ3v) is 4.29. The molecule has 0 saturated carbocycles. The van der Waals surface area contributed by atoms with Gasteiger partial charge in [0, 0.05) is 19.6 Å². The Morgan fingerprint density at radius 3 is 2.50 bits per heavy atom. The average molecular weight is 276 g/mol. The summed E-state index contributed by atoms with van der Waals surface area (Å²) in [5, 5.41) is 2.90. The molecule has 0 bridgehead atoms. The molecule has 1 heterocycles. The quantitative estimate of drug-likeness (QED) is 0.830. The summed E-state index contributed by atoms with van der Waals surface area (Å²) in [6.45, 7) is 7.61. The molecule has 0 spiro atoms. The van der Waals surface area contributed by atoms with Crippen molar-refractivity contribution in [2.45, 2.75) is 33.6 Å². The predicted octanol–water partition coefficient (Wildman–Crippen LogP) is 0.820. The number of amides is 1. The van der Waals surface area contributed by atoms with Crippen LogP contribution in [0.25, 0.3) is 0 Å². The highest BCUT2D eigenvalue weighted by Crippen LogP contribution is 2.19. The Bertz CT molecular complexity index is 398. The van der Waals surface area contributed by atoms with Crippen molar-refractivity contribution in [2.24, 2.45) is 11.3 Å². The monoisotopic (exact) mass is 276 g/mol. The van der Waals surface area contributed by atoms with Crippen LogP contribution in [-0.4, -0.2) is 44.5 Å². The lowest BCUT2D eigenvalue weighted by molar-refractivity contribution is -0.126. The molecule has 0 aromatic heterocycles. The lowest BCUT2D eigenvalue weighted by Crippen LogP contribution is -2.46. The zero-order chi connectivity index (χ0) is 14.0. The van der Waals surface area contributed by atoms with Gasteiger partial charge in [-0.25, -0.2) is 12.7 Å². The molecule has 1 aliphatic heterocycles. The summed E-state index contributed by atoms with van der Waals surface area (Å²) in [6.07, 6.45) is 2.71. The van der Waals surface area contributed by atoms with Gasteiger partial charge in [-0.3, -0.25) is 4.79 Å². The lowest BCUT2D eigenvalue weighted by Gasteiger charge is -2.30. The number of piperidine rings is 1. The molecule has 1 saturated heterocycles. The van der Waals surface area contributed by atoms with E-state index in [0.717, 1.165) is 12.8 Å². The van der Waals surface area contributed by atoms with Gasteiger partial charge in [0.05, 0.1) is 12.2 Å². The molecule has 1 atom stereocenters. The molecule has 0 radical (unpaired) electrons. The first-order valence-electron chi connectivity index (χ1n) is 6.32. The molecule has 1 fully saturated rings. The van der Waals surface area contributed by atoms with E-state index in [9.17, 15) is 13.2 Å². The molecule has 106 valence electrons. The third-order valence-electron chi connectivity index (χ3n) is 3.02. The molecule has 0 aromatic rings. The van der Waals surface area contributed by atoms with Gasteiger partial charge in [0.25, 0.3) is 0 Å². The number of hydrogen-bond donors (Lipinski definition) is 1. The standard InChI is InChI=1S/C12H24N2O3S/c1-12(2,3)9-13-11(15)10-6-5-7-14(8-10)18(4,16)17/h10H,5-9H2,1-4H3,(H,13,15)/t10-/m1/s1. The number of hydrogen-bond acceptors (Lipinski definition) is 3. The zero-order valence-corrected chi connectivity index (χ0v) is 12.5. The predicted molar refractivity (Wildman–Crippen MR) is 71.6 cm³/mol. The molecule has 18 heavy (non-hydrogen) atoms. The van der Waals surface area contributed by atoms with Crippen LogP contribution < -0.4 is 5.32 Å². The first kappa shape index (κ1) is 15.4. The summed E-state index contributed by atoms with van der Waals surface area (Å²) in [7, 11) is -3.18. The van der Waals surface area contributed by atoms with Crippen molar-refractivity contribution >= 4 is 15.9 Å². The summed E-state index contributed by atoms with van der Waals surface area (Å²) >= 11 is 0. The van der Waals surface area contributed by atoms with Gasteiger partial charge < -0.3 is 5.32 Å². The molecule has 0 aromatic carbocycles. The average Bonchev–Trinajstić information content (AvgIpc) is 2.24. The SMILES string of the molecule is CC(C)(C)CNC(=O)[C@@H]1CCCN(S(C)(=O)=O)C1. The molecule has 5 nitrogen and oxygen atoms in total. The first-order valence-corrected chi connectivity index (χ1v) is 8.17. The van der Waals surface area contributed by atoms with Crippen LogP contribution in [0.2, 0.25) is 0 Å². The van der Waals surface area contributed by atoms with Crippen molar-refractivity contribution < 1.29 is 13.2 Å². The summed E-state index contributed by atoms with van der Waals surface area (Å²) in [6, 6.07) is 0. The van der Waals surface area contributed by atoms with E-state index < -0.39 is 10.0 Å². The molecule has 0 aliphatic carbocycles. The summed E-state index contributed by atoms with van der Waals surface area (Å²) in [5.74, 6) is -0.242. The van der Waals surface area contributed by atoms with Crippen molar-refractivity contribution in [3.8, 4) is 0 Å². The fourth-order valence-electron chi connectivity index (χ4n) is 1.95. The first-order chi connectivity index (χ1) is 8.09. The van der Waals surface area contributed by atoms with Gasteiger partial charge in [-0.1, -0.05) is 20.8 Å². The molecule has 1 amide bonds. The van der Waals surface area contributed by atoms with Crippen LogP contribution in [0.3, 0.4) is 0 Å². The van der Waals surface area contributed by atoms with Crippen LogP contribution in [0.1, 0.15) is 33.6 Å². The van der Waals surface area contributed by atoms with E-state index in [0.29, 0.717) is 19.6 Å². The Hall–Kier alpha value is -0.620. The highest BCUT2D eigenvalue weighted by molar-refractivity contribution is 7.88. The van der Waals surface area contributed by atoms with Crippen LogP contribution in [-0.2, 0) is 14.8 Å². The van der Waals surface area contributed by atoms with E-state index in [1.807, 2.05) is 0 Å². The maximum absolute atomic E-state index is 12.0. The van der Waals surface area contributed by atoms with Gasteiger partial charge >= 0.3 is 0 Å².